The van der Waals surface area contributed by atoms with E-state index in [0.717, 1.165) is 17.1 Å². The van der Waals surface area contributed by atoms with E-state index in [1.807, 2.05) is 13.1 Å². The maximum absolute atomic E-state index is 4.20. The maximum atomic E-state index is 4.20. The first-order valence-corrected chi connectivity index (χ1v) is 4.82. The molecule has 0 aromatic carbocycles. The lowest BCUT2D eigenvalue weighted by Gasteiger charge is -1.93. The first-order chi connectivity index (χ1) is 6.34. The number of thiazole rings is 1. The van der Waals surface area contributed by atoms with Crippen molar-refractivity contribution in [3.8, 4) is 0 Å². The molecule has 2 aromatic rings. The fraction of sp³-hybridized carbons (Fsp3) is 0.222. The summed E-state index contributed by atoms with van der Waals surface area (Å²) in [6, 6.07) is 0. The van der Waals surface area contributed by atoms with Gasteiger partial charge in [-0.2, -0.15) is 0 Å². The lowest BCUT2D eigenvalue weighted by molar-refractivity contribution is 1.04. The number of nitrogens with zero attached hydrogens (tertiary/aromatic N) is 3. The Kier molecular flexibility index (Phi) is 2.31. The zero-order chi connectivity index (χ0) is 9.10. The zero-order valence-electron chi connectivity index (χ0n) is 7.27. The number of aryl methyl sites for hydroxylation is 1. The van der Waals surface area contributed by atoms with Gasteiger partial charge in [-0.25, -0.2) is 4.98 Å². The summed E-state index contributed by atoms with van der Waals surface area (Å²) in [5.41, 5.74) is 0.992. The van der Waals surface area contributed by atoms with Crippen molar-refractivity contribution in [2.45, 2.75) is 13.3 Å². The van der Waals surface area contributed by atoms with Gasteiger partial charge in [0.05, 0.1) is 10.7 Å². The molecular formula is C9H9N3S. The Morgan fingerprint density at radius 1 is 1.23 bits per heavy atom. The van der Waals surface area contributed by atoms with Crippen molar-refractivity contribution >= 4 is 11.3 Å². The molecule has 3 nitrogen and oxygen atoms in total. The highest BCUT2D eigenvalue weighted by Gasteiger charge is 2.00. The van der Waals surface area contributed by atoms with Crippen LogP contribution in [0.15, 0.2) is 24.8 Å². The average molecular weight is 191 g/mol. The molecule has 66 valence electrons. The summed E-state index contributed by atoms with van der Waals surface area (Å²) < 4.78 is 0. The fourth-order valence-electron chi connectivity index (χ4n) is 1.09. The van der Waals surface area contributed by atoms with Gasteiger partial charge in [-0.3, -0.25) is 9.97 Å². The van der Waals surface area contributed by atoms with Crippen molar-refractivity contribution in [2.75, 3.05) is 0 Å². The van der Waals surface area contributed by atoms with Crippen LogP contribution in [0.25, 0.3) is 0 Å². The Balaban J connectivity index is 2.15. The zero-order valence-corrected chi connectivity index (χ0v) is 8.08. The number of aromatic nitrogens is 3. The lowest BCUT2D eigenvalue weighted by atomic mass is 10.3. The summed E-state index contributed by atoms with van der Waals surface area (Å²) in [6.45, 7) is 2.00. The van der Waals surface area contributed by atoms with Crippen molar-refractivity contribution in [2.24, 2.45) is 0 Å². The standard InChI is InChI=1S/C9H9N3S/c1-7-12-6-9(13-7)4-8-5-10-2-3-11-8/h2-3,5-6H,4H2,1H3. The van der Waals surface area contributed by atoms with Crippen molar-refractivity contribution in [3.05, 3.63) is 40.4 Å². The minimum Gasteiger partial charge on any atom is -0.261 e. The summed E-state index contributed by atoms with van der Waals surface area (Å²) in [6.07, 6.45) is 7.91. The third-order valence-corrected chi connectivity index (χ3v) is 2.55. The van der Waals surface area contributed by atoms with Crippen LogP contribution in [-0.4, -0.2) is 15.0 Å². The third kappa shape index (κ3) is 2.09. The molecule has 0 saturated carbocycles. The molecule has 0 atom stereocenters. The second-order valence-electron chi connectivity index (χ2n) is 2.72. The fourth-order valence-corrected chi connectivity index (χ4v) is 1.90. The molecule has 0 fully saturated rings. The summed E-state index contributed by atoms with van der Waals surface area (Å²) >= 11 is 1.70. The molecular weight excluding hydrogens is 182 g/mol. The third-order valence-electron chi connectivity index (χ3n) is 1.64. The predicted octanol–water partition coefficient (Wildman–Crippen LogP) is 1.83. The molecule has 0 spiro atoms. The van der Waals surface area contributed by atoms with Crippen LogP contribution in [-0.2, 0) is 6.42 Å². The molecule has 0 bridgehead atoms. The van der Waals surface area contributed by atoms with Gasteiger partial charge in [-0.15, -0.1) is 11.3 Å². The van der Waals surface area contributed by atoms with Gasteiger partial charge in [0.25, 0.3) is 0 Å². The smallest absolute Gasteiger partial charge is 0.0896 e. The molecule has 4 heteroatoms. The van der Waals surface area contributed by atoms with Crippen molar-refractivity contribution in [1.29, 1.82) is 0 Å². The molecule has 2 heterocycles. The molecule has 0 aliphatic carbocycles. The summed E-state index contributed by atoms with van der Waals surface area (Å²) in [7, 11) is 0. The monoisotopic (exact) mass is 191 g/mol. The van der Waals surface area contributed by atoms with Crippen LogP contribution in [0, 0.1) is 6.92 Å². The molecule has 0 N–H and O–H groups in total. The Morgan fingerprint density at radius 2 is 2.15 bits per heavy atom. The van der Waals surface area contributed by atoms with Crippen LogP contribution in [0.4, 0.5) is 0 Å². The van der Waals surface area contributed by atoms with E-state index in [0.29, 0.717) is 0 Å². The highest BCUT2D eigenvalue weighted by atomic mass is 32.1. The largest absolute Gasteiger partial charge is 0.261 e. The lowest BCUT2D eigenvalue weighted by Crippen LogP contribution is -1.89. The van der Waals surface area contributed by atoms with E-state index in [1.54, 1.807) is 29.9 Å². The maximum Gasteiger partial charge on any atom is 0.0896 e. The van der Waals surface area contributed by atoms with Gasteiger partial charge >= 0.3 is 0 Å². The molecule has 0 amide bonds. The molecule has 0 saturated heterocycles. The number of rotatable bonds is 2. The van der Waals surface area contributed by atoms with E-state index in [1.165, 1.54) is 4.88 Å². The van der Waals surface area contributed by atoms with E-state index in [4.69, 9.17) is 0 Å². The van der Waals surface area contributed by atoms with Gasteiger partial charge in [0.15, 0.2) is 0 Å². The second-order valence-corrected chi connectivity index (χ2v) is 4.04. The van der Waals surface area contributed by atoms with Crippen LogP contribution in [0.5, 0.6) is 0 Å². The quantitative estimate of drug-likeness (QED) is 0.727. The van der Waals surface area contributed by atoms with Crippen LogP contribution < -0.4 is 0 Å². The highest BCUT2D eigenvalue weighted by molar-refractivity contribution is 7.11. The molecule has 2 aromatic heterocycles. The molecule has 2 rings (SSSR count). The highest BCUT2D eigenvalue weighted by Crippen LogP contribution is 2.14. The van der Waals surface area contributed by atoms with Gasteiger partial charge in [0.2, 0.25) is 0 Å². The van der Waals surface area contributed by atoms with Crippen molar-refractivity contribution in [3.63, 3.8) is 0 Å². The van der Waals surface area contributed by atoms with E-state index in [2.05, 4.69) is 15.0 Å². The molecule has 0 aliphatic rings. The normalized spacial score (nSPS) is 10.2. The minimum atomic E-state index is 0.833. The van der Waals surface area contributed by atoms with Crippen LogP contribution >= 0.6 is 11.3 Å². The van der Waals surface area contributed by atoms with Gasteiger partial charge in [0, 0.05) is 36.1 Å². The number of hydrogen-bond donors (Lipinski definition) is 0. The molecule has 0 unspecified atom stereocenters. The number of hydrogen-bond acceptors (Lipinski definition) is 4. The Bertz CT molecular complexity index is 383. The van der Waals surface area contributed by atoms with E-state index < -0.39 is 0 Å². The van der Waals surface area contributed by atoms with E-state index >= 15 is 0 Å². The van der Waals surface area contributed by atoms with Crippen molar-refractivity contribution < 1.29 is 0 Å². The Morgan fingerprint density at radius 3 is 2.77 bits per heavy atom. The Hall–Kier alpha value is -1.29. The summed E-state index contributed by atoms with van der Waals surface area (Å²) in [5, 5.41) is 1.10. The van der Waals surface area contributed by atoms with Crippen molar-refractivity contribution in [1.82, 2.24) is 15.0 Å². The van der Waals surface area contributed by atoms with Crippen LogP contribution in [0.3, 0.4) is 0 Å². The minimum absolute atomic E-state index is 0.833. The first-order valence-electron chi connectivity index (χ1n) is 4.01. The first kappa shape index (κ1) is 8.31. The summed E-state index contributed by atoms with van der Waals surface area (Å²) in [5.74, 6) is 0. The van der Waals surface area contributed by atoms with E-state index in [-0.39, 0.29) is 0 Å². The van der Waals surface area contributed by atoms with E-state index in [9.17, 15) is 0 Å². The van der Waals surface area contributed by atoms with Gasteiger partial charge in [-0.05, 0) is 6.92 Å². The molecule has 13 heavy (non-hydrogen) atoms. The Labute approximate surface area is 80.5 Å². The SMILES string of the molecule is Cc1ncc(Cc2cnccn2)s1. The summed E-state index contributed by atoms with van der Waals surface area (Å²) in [4.78, 5) is 13.6. The van der Waals surface area contributed by atoms with Gasteiger partial charge < -0.3 is 0 Å². The van der Waals surface area contributed by atoms with Gasteiger partial charge in [-0.1, -0.05) is 0 Å². The molecule has 0 aliphatic heterocycles. The van der Waals surface area contributed by atoms with Gasteiger partial charge in [0.1, 0.15) is 0 Å². The van der Waals surface area contributed by atoms with Crippen LogP contribution in [0.1, 0.15) is 15.6 Å². The second kappa shape index (κ2) is 3.62. The topological polar surface area (TPSA) is 38.7 Å². The van der Waals surface area contributed by atoms with Crippen LogP contribution in [0.2, 0.25) is 0 Å². The average Bonchev–Trinajstić information content (AvgIpc) is 2.53. The molecule has 0 radical (unpaired) electrons. The predicted molar refractivity (Wildman–Crippen MR) is 51.7 cm³/mol.